The Morgan fingerprint density at radius 2 is 0.583 bits per heavy atom. The van der Waals surface area contributed by atoms with Crippen LogP contribution in [0.4, 0.5) is 0 Å². The number of β-amino-alcohol motifs (C(OH)–C–C–N with tert-alkyl or cyclic N) is 2. The standard InChI is InChI=1S/C7H14N2O.2C7H15N.2C6H14N2.C6H11NO.C6H13NO.C6H11NO.2C6H13N.C5H10N2O.C5H12N2.2C5H11NO.C5H9NO.C5H11N.C5H9N.16CH4/c1-7(10)9-5-3-8(2)4-6-9;1-7-3-5-8(2)6-4-7;1-8-6-4-2-3-5-7-8;1-7-3-5-8(2)6-4-7;1-6-5-8(2)4-3-7-6;1-7-4-2-6(8)3-5-7;2*1-7-4-2-3-6(8)5-7;1-6-3-4-7(2)5-6;1-7-5-3-2-4-6-7;1-7-3-2-6-5(8)4-7;1-7-4-2-6-3-5-7;1-6-2-4-7-5-3-6;2*1-6-3-2-5(7)4-6;2*1-6-4-2-3-5-6;;;;;;;;;;;;;;;;/h3-6H2,1-2H3;7H,3-6H2,1-2H3;2-7H2,1H3;3-6H2,1-2H3;6-7H,3-5H2,1-2H3;2-5H2,1H3;6,8H,2-5H2,1H3;2-5H2,1H3;6H,3-5H2,1-2H3;2-6H2,1H3;2-4H2,1H3,(H,6,8);6H,2-5H2,1H3;2-5H2,1H3;5,7H,2-4H2,1H3;2-4H2,1H3;2-5H2,1H3;2-3H,4-5H2,1H3;16*1H4. The number of aliphatic hydroxyl groups excluding tert-OH is 2. The Morgan fingerprint density at radius 3 is 0.833 bits per heavy atom. The number of Topliss-reactive ketones (excluding diaryl/α,β-unsaturated/α-hetero) is 3. The molecule has 0 aromatic rings. The van der Waals surface area contributed by atoms with E-state index in [-0.39, 0.29) is 143 Å². The molecule has 16 saturated heterocycles. The van der Waals surface area contributed by atoms with Crippen LogP contribution in [0.2, 0.25) is 0 Å². The maximum Gasteiger partial charge on any atom is 0.234 e. The number of piperazine rings is 5. The molecule has 0 aliphatic carbocycles. The zero-order chi connectivity index (χ0) is 95.2. The molecule has 17 heterocycles. The number of nitrogens with one attached hydrogen (secondary N) is 3. The molecule has 0 radical (unpaired) electrons. The molecule has 17 aliphatic heterocycles. The summed E-state index contributed by atoms with van der Waals surface area (Å²) in [5, 5.41) is 27.3. The average molecular weight is 2080 g/mol. The first-order chi connectivity index (χ1) is 60.9. The van der Waals surface area contributed by atoms with Crippen molar-refractivity contribution in [2.24, 2.45) is 11.8 Å². The van der Waals surface area contributed by atoms with E-state index >= 15 is 0 Å². The summed E-state index contributed by atoms with van der Waals surface area (Å²) in [7, 11) is 37.9. The highest BCUT2D eigenvalue weighted by molar-refractivity contribution is 5.82. The Hall–Kier alpha value is -3.23. The molecule has 0 aromatic heterocycles. The summed E-state index contributed by atoms with van der Waals surface area (Å²) in [6.07, 6.45) is 28.5. The second-order valence-corrected chi connectivity index (χ2v) is 40.0. The second kappa shape index (κ2) is 114. The summed E-state index contributed by atoms with van der Waals surface area (Å²) >= 11 is 0. The number of likely N-dealkylation sites (tertiary alicyclic amines) is 10. The molecule has 4 unspecified atom stereocenters. The average Bonchev–Trinajstić information content (AvgIpc) is 1.17. The monoisotopic (exact) mass is 2080 g/mol. The smallest absolute Gasteiger partial charge is 0.234 e. The molecule has 17 aliphatic rings. The van der Waals surface area contributed by atoms with Gasteiger partial charge in [-0.25, -0.2) is 0 Å². The number of morpholine rings is 1. The summed E-state index contributed by atoms with van der Waals surface area (Å²) in [6, 6.07) is 0.689. The maximum atomic E-state index is 10.8. The van der Waals surface area contributed by atoms with Crippen LogP contribution in [0.15, 0.2) is 12.2 Å². The largest absolute Gasteiger partial charge is 0.392 e. The van der Waals surface area contributed by atoms with Gasteiger partial charge in [-0.05, 0) is 301 Å². The number of rotatable bonds is 0. The van der Waals surface area contributed by atoms with Crippen molar-refractivity contribution < 1.29 is 38.9 Å². The minimum atomic E-state index is -0.0613. The van der Waals surface area contributed by atoms with Gasteiger partial charge in [0.05, 0.1) is 45.1 Å². The van der Waals surface area contributed by atoms with Crippen LogP contribution < -0.4 is 16.0 Å². The minimum absolute atomic E-state index is 0. The van der Waals surface area contributed by atoms with Crippen molar-refractivity contribution in [1.29, 1.82) is 0 Å². The van der Waals surface area contributed by atoms with E-state index in [2.05, 4.69) is 212 Å². The number of nitrogens with zero attached hydrogens (tertiary/aromatic N) is 19. The van der Waals surface area contributed by atoms with Gasteiger partial charge in [-0.1, -0.05) is 164 Å². The molecule has 2 amide bonds. The second-order valence-electron chi connectivity index (χ2n) is 40.0. The molecule has 0 bridgehead atoms. The molecule has 0 saturated carbocycles. The van der Waals surface area contributed by atoms with E-state index < -0.39 is 0 Å². The normalized spacial score (nSPS) is 23.6. The van der Waals surface area contributed by atoms with Crippen molar-refractivity contribution >= 4 is 29.2 Å². The third-order valence-corrected chi connectivity index (χ3v) is 25.6. The number of hydrogen-bond donors (Lipinski definition) is 5. The van der Waals surface area contributed by atoms with Crippen LogP contribution in [0.5, 0.6) is 0 Å². The van der Waals surface area contributed by atoms with Crippen LogP contribution in [0.25, 0.3) is 0 Å². The zero-order valence-corrected chi connectivity index (χ0v) is 87.1. The summed E-state index contributed by atoms with van der Waals surface area (Å²) in [5.41, 5.74) is 0. The Kier molecular flexibility index (Phi) is 140. The van der Waals surface area contributed by atoms with Crippen LogP contribution >= 0.6 is 0 Å². The fraction of sp³-hybridized carbons (Fsp3) is 0.939. The van der Waals surface area contributed by atoms with Crippen molar-refractivity contribution in [2.75, 3.05) is 415 Å². The first-order valence-corrected chi connectivity index (χ1v) is 50.4. The number of amides is 2. The molecule has 0 spiro atoms. The first kappa shape index (κ1) is 177. The molecular weight excluding hydrogens is 1810 g/mol. The predicted octanol–water partition coefficient (Wildman–Crippen LogP) is 14.6. The van der Waals surface area contributed by atoms with Crippen LogP contribution in [-0.4, -0.2) is 566 Å². The summed E-state index contributed by atoms with van der Waals surface area (Å²) in [4.78, 5) is 95.5. The summed E-state index contributed by atoms with van der Waals surface area (Å²) in [5.74, 6) is 3.45. The molecule has 17 rings (SSSR count). The molecule has 884 valence electrons. The van der Waals surface area contributed by atoms with Gasteiger partial charge in [0.2, 0.25) is 11.8 Å². The van der Waals surface area contributed by atoms with E-state index in [1.165, 1.54) is 195 Å². The number of carbonyl (C=O) groups is 5. The van der Waals surface area contributed by atoms with Gasteiger partial charge in [0, 0.05) is 222 Å². The third kappa shape index (κ3) is 110. The zero-order valence-electron chi connectivity index (χ0n) is 87.1. The van der Waals surface area contributed by atoms with Crippen LogP contribution in [-0.2, 0) is 28.7 Å². The van der Waals surface area contributed by atoms with Gasteiger partial charge in [-0.2, -0.15) is 0 Å². The van der Waals surface area contributed by atoms with Gasteiger partial charge < -0.3 is 104 Å². The molecular formula is C114H270N22O8. The number of hydrogen-bond acceptors (Lipinski definition) is 28. The topological polar surface area (TPSA) is 233 Å². The number of ether oxygens (including phenoxy) is 1. The number of likely N-dealkylation sites (N-methyl/N-ethyl adjacent to an activating group) is 12. The highest BCUT2D eigenvalue weighted by atomic mass is 16.5. The highest BCUT2D eigenvalue weighted by Gasteiger charge is 2.21. The quantitative estimate of drug-likeness (QED) is 0.142. The Bertz CT molecular complexity index is 2460. The van der Waals surface area contributed by atoms with Gasteiger partial charge in [-0.3, -0.25) is 43.6 Å². The van der Waals surface area contributed by atoms with E-state index in [4.69, 9.17) is 14.9 Å². The van der Waals surface area contributed by atoms with E-state index in [0.717, 1.165) is 214 Å². The summed E-state index contributed by atoms with van der Waals surface area (Å²) in [6.45, 7) is 56.5. The van der Waals surface area contributed by atoms with Gasteiger partial charge in [0.1, 0.15) is 17.3 Å². The SMILES string of the molecule is C.C.C.C.C.C.C.C.C.C.C.C.C.C.C.C.CC(=O)N1CCN(C)CC1.CC1CCN(C)C1.CC1CCN(C)CC1.CC1CN(C)CCN1.CN1CC=CC1.CN1CCC(=O)C1.CN1CCC(=O)CC1.CN1CCC(O)C1.CN1CCCC(=O)C1.CN1CCCC(O)C1.CN1CCCC1.CN1CCCCC1.CN1CCCCCC1.CN1CCN(C)CC1.CN1CCNC(=O)C1.CN1CCNCC1.CN1CCOCC1. The van der Waals surface area contributed by atoms with Gasteiger partial charge in [0.15, 0.2) is 0 Å². The van der Waals surface area contributed by atoms with Gasteiger partial charge in [-0.15, -0.1) is 0 Å². The van der Waals surface area contributed by atoms with Gasteiger partial charge >= 0.3 is 0 Å². The molecule has 4 atom stereocenters. The first-order valence-electron chi connectivity index (χ1n) is 50.4. The number of ketones is 3. The molecule has 16 fully saturated rings. The van der Waals surface area contributed by atoms with Crippen LogP contribution in [0.3, 0.4) is 0 Å². The molecule has 0 aromatic carbocycles. The molecule has 30 heteroatoms. The Morgan fingerprint density at radius 1 is 0.278 bits per heavy atom. The predicted molar refractivity (Wildman–Crippen MR) is 646 cm³/mol. The van der Waals surface area contributed by atoms with Crippen LogP contribution in [0, 0.1) is 11.8 Å². The lowest BCUT2D eigenvalue weighted by atomic mass is 10.00. The van der Waals surface area contributed by atoms with Crippen molar-refractivity contribution in [3.63, 3.8) is 0 Å². The number of piperidine rings is 5. The molecule has 5 N–H and O–H groups in total. The Balaban J connectivity index is -0.0000000858. The summed E-state index contributed by atoms with van der Waals surface area (Å²) < 4.78 is 5.10. The Labute approximate surface area is 904 Å². The fourth-order valence-corrected chi connectivity index (χ4v) is 16.1. The van der Waals surface area contributed by atoms with Crippen molar-refractivity contribution in [3.8, 4) is 0 Å². The minimum Gasteiger partial charge on any atom is -0.392 e. The maximum absolute atomic E-state index is 10.8. The van der Waals surface area contributed by atoms with Crippen molar-refractivity contribution in [2.45, 2.75) is 293 Å². The van der Waals surface area contributed by atoms with E-state index in [1.807, 2.05) is 57.0 Å². The van der Waals surface area contributed by atoms with E-state index in [9.17, 15) is 24.0 Å². The van der Waals surface area contributed by atoms with Crippen molar-refractivity contribution in [3.05, 3.63) is 12.2 Å². The third-order valence-electron chi connectivity index (χ3n) is 25.6. The number of aliphatic hydroxyl groups is 2. The van der Waals surface area contributed by atoms with Crippen molar-refractivity contribution in [1.82, 2.24) is 109 Å². The lowest BCUT2D eigenvalue weighted by Gasteiger charge is -2.31. The fourth-order valence-electron chi connectivity index (χ4n) is 16.1. The highest BCUT2D eigenvalue weighted by Crippen LogP contribution is 2.15. The molecule has 30 nitrogen and oxygen atoms in total. The lowest BCUT2D eigenvalue weighted by molar-refractivity contribution is -0.130. The van der Waals surface area contributed by atoms with E-state index in [1.54, 1.807) is 6.92 Å². The van der Waals surface area contributed by atoms with E-state index in [0.29, 0.717) is 43.0 Å². The van der Waals surface area contributed by atoms with Gasteiger partial charge in [0.25, 0.3) is 0 Å². The van der Waals surface area contributed by atoms with Crippen LogP contribution in [0.1, 0.15) is 275 Å². The molecule has 144 heavy (non-hydrogen) atoms. The lowest BCUT2D eigenvalue weighted by Crippen LogP contribution is -2.47. The number of carbonyl (C=O) groups excluding carboxylic acids is 5.